The van der Waals surface area contributed by atoms with E-state index >= 15 is 0 Å². The van der Waals surface area contributed by atoms with Crippen molar-refractivity contribution in [3.05, 3.63) is 11.1 Å². The van der Waals surface area contributed by atoms with Gasteiger partial charge in [0.25, 0.3) is 5.78 Å². The lowest BCUT2D eigenvalue weighted by Gasteiger charge is -2.05. The summed E-state index contributed by atoms with van der Waals surface area (Å²) in [6, 6.07) is 0. The molecule has 0 aliphatic carbocycles. The summed E-state index contributed by atoms with van der Waals surface area (Å²) < 4.78 is 35.0. The first-order valence-electron chi connectivity index (χ1n) is 3.02. The Morgan fingerprint density at radius 1 is 1.09 bits per heavy atom. The Balaban J connectivity index is 4.67. The van der Waals surface area contributed by atoms with Gasteiger partial charge in [0.05, 0.1) is 0 Å². The van der Waals surface area contributed by atoms with E-state index < -0.39 is 12.0 Å². The van der Waals surface area contributed by atoms with Crippen LogP contribution in [0.4, 0.5) is 13.2 Å². The average Bonchev–Trinajstić information content (AvgIpc) is 1.82. The Kier molecular flexibility index (Phi) is 2.84. The fourth-order valence-corrected chi connectivity index (χ4v) is 0.440. The number of hydrogen-bond donors (Lipinski definition) is 0. The Labute approximate surface area is 62.9 Å². The normalized spacial score (nSPS) is 11.1. The highest BCUT2D eigenvalue weighted by Gasteiger charge is 2.39. The van der Waals surface area contributed by atoms with Crippen LogP contribution in [0.5, 0.6) is 0 Å². The van der Waals surface area contributed by atoms with Gasteiger partial charge in [-0.05, 0) is 20.8 Å². The van der Waals surface area contributed by atoms with E-state index in [1.54, 1.807) is 0 Å². The lowest BCUT2D eigenvalue weighted by molar-refractivity contribution is -0.166. The first-order valence-corrected chi connectivity index (χ1v) is 3.02. The highest BCUT2D eigenvalue weighted by Crippen LogP contribution is 2.21. The van der Waals surface area contributed by atoms with Crippen molar-refractivity contribution < 1.29 is 18.0 Å². The van der Waals surface area contributed by atoms with E-state index in [4.69, 9.17) is 0 Å². The highest BCUT2D eigenvalue weighted by atomic mass is 19.4. The van der Waals surface area contributed by atoms with Crippen molar-refractivity contribution in [2.24, 2.45) is 0 Å². The summed E-state index contributed by atoms with van der Waals surface area (Å²) in [6.45, 7) is 4.11. The van der Waals surface area contributed by atoms with Gasteiger partial charge < -0.3 is 0 Å². The molecule has 0 spiro atoms. The van der Waals surface area contributed by atoms with Crippen LogP contribution in [-0.4, -0.2) is 12.0 Å². The van der Waals surface area contributed by atoms with Gasteiger partial charge in [-0.3, -0.25) is 4.79 Å². The molecule has 0 amide bonds. The van der Waals surface area contributed by atoms with E-state index in [1.165, 1.54) is 20.8 Å². The monoisotopic (exact) mass is 166 g/mol. The maximum absolute atomic E-state index is 11.7. The second-order valence-corrected chi connectivity index (χ2v) is 2.45. The Morgan fingerprint density at radius 3 is 1.55 bits per heavy atom. The third kappa shape index (κ3) is 2.74. The summed E-state index contributed by atoms with van der Waals surface area (Å²) in [5.41, 5.74) is 0.171. The second kappa shape index (κ2) is 3.07. The molecule has 0 radical (unpaired) electrons. The molecule has 0 rings (SSSR count). The Bertz CT molecular complexity index is 196. The number of halogens is 3. The van der Waals surface area contributed by atoms with E-state index in [2.05, 4.69) is 0 Å². The molecule has 0 aliphatic rings. The highest BCUT2D eigenvalue weighted by molar-refractivity contribution is 5.99. The number of hydrogen-bond acceptors (Lipinski definition) is 1. The van der Waals surface area contributed by atoms with Gasteiger partial charge in [-0.1, -0.05) is 5.57 Å². The SMILES string of the molecule is CC(C)=C(C)C(=O)C(F)(F)F. The fourth-order valence-electron chi connectivity index (χ4n) is 0.440. The summed E-state index contributed by atoms with van der Waals surface area (Å²) in [6.07, 6.45) is -4.73. The summed E-state index contributed by atoms with van der Waals surface area (Å²) in [5.74, 6) is -1.75. The molecule has 4 heteroatoms. The van der Waals surface area contributed by atoms with Crippen LogP contribution in [0.25, 0.3) is 0 Å². The standard InChI is InChI=1S/C7H9F3O/c1-4(2)5(3)6(11)7(8,9)10/h1-3H3. The van der Waals surface area contributed by atoms with Crippen molar-refractivity contribution in [3.63, 3.8) is 0 Å². The summed E-state index contributed by atoms with van der Waals surface area (Å²) >= 11 is 0. The van der Waals surface area contributed by atoms with E-state index in [-0.39, 0.29) is 5.57 Å². The van der Waals surface area contributed by atoms with Crippen molar-refractivity contribution in [2.75, 3.05) is 0 Å². The van der Waals surface area contributed by atoms with E-state index in [1.807, 2.05) is 0 Å². The molecule has 0 aromatic heterocycles. The number of carbonyl (C=O) groups is 1. The minimum Gasteiger partial charge on any atom is -0.284 e. The summed E-state index contributed by atoms with van der Waals surface area (Å²) in [4.78, 5) is 10.4. The van der Waals surface area contributed by atoms with Crippen LogP contribution in [0.3, 0.4) is 0 Å². The van der Waals surface area contributed by atoms with Crippen LogP contribution in [0.2, 0.25) is 0 Å². The molecule has 0 unspecified atom stereocenters. The van der Waals surface area contributed by atoms with Gasteiger partial charge >= 0.3 is 6.18 Å². The lowest BCUT2D eigenvalue weighted by Crippen LogP contribution is -2.23. The zero-order chi connectivity index (χ0) is 9.23. The molecule has 0 saturated carbocycles. The maximum atomic E-state index is 11.7. The van der Waals surface area contributed by atoms with Crippen molar-refractivity contribution in [3.8, 4) is 0 Å². The minimum absolute atomic E-state index is 0.225. The first kappa shape index (κ1) is 10.2. The summed E-state index contributed by atoms with van der Waals surface area (Å²) in [5, 5.41) is 0. The third-order valence-corrected chi connectivity index (χ3v) is 1.35. The number of carbonyl (C=O) groups excluding carboxylic acids is 1. The average molecular weight is 166 g/mol. The zero-order valence-corrected chi connectivity index (χ0v) is 6.54. The van der Waals surface area contributed by atoms with E-state index in [0.29, 0.717) is 5.57 Å². The van der Waals surface area contributed by atoms with Crippen molar-refractivity contribution in [2.45, 2.75) is 26.9 Å². The Morgan fingerprint density at radius 2 is 1.45 bits per heavy atom. The number of allylic oxidation sites excluding steroid dienone is 2. The van der Waals surface area contributed by atoms with Crippen LogP contribution >= 0.6 is 0 Å². The van der Waals surface area contributed by atoms with Gasteiger partial charge in [0.15, 0.2) is 0 Å². The van der Waals surface area contributed by atoms with Crippen LogP contribution < -0.4 is 0 Å². The topological polar surface area (TPSA) is 17.1 Å². The number of alkyl halides is 3. The number of rotatable bonds is 1. The fraction of sp³-hybridized carbons (Fsp3) is 0.571. The Hall–Kier alpha value is -0.800. The minimum atomic E-state index is -4.73. The molecule has 0 fully saturated rings. The second-order valence-electron chi connectivity index (χ2n) is 2.45. The molecule has 0 heterocycles. The number of ketones is 1. The van der Waals surface area contributed by atoms with Gasteiger partial charge in [-0.15, -0.1) is 0 Å². The molecular weight excluding hydrogens is 157 g/mol. The van der Waals surface area contributed by atoms with Crippen molar-refractivity contribution in [1.82, 2.24) is 0 Å². The maximum Gasteiger partial charge on any atom is 0.454 e. The lowest BCUT2D eigenvalue weighted by atomic mass is 10.1. The molecule has 0 atom stereocenters. The summed E-state index contributed by atoms with van der Waals surface area (Å²) in [7, 11) is 0. The van der Waals surface area contributed by atoms with Gasteiger partial charge in [-0.25, -0.2) is 0 Å². The van der Waals surface area contributed by atoms with Crippen LogP contribution in [0.1, 0.15) is 20.8 Å². The van der Waals surface area contributed by atoms with Gasteiger partial charge in [0.1, 0.15) is 0 Å². The smallest absolute Gasteiger partial charge is 0.284 e. The molecule has 64 valence electrons. The van der Waals surface area contributed by atoms with E-state index in [0.717, 1.165) is 0 Å². The quantitative estimate of drug-likeness (QED) is 0.547. The molecule has 0 aromatic rings. The molecule has 0 aliphatic heterocycles. The third-order valence-electron chi connectivity index (χ3n) is 1.35. The molecule has 0 bridgehead atoms. The van der Waals surface area contributed by atoms with Crippen LogP contribution in [-0.2, 0) is 4.79 Å². The van der Waals surface area contributed by atoms with Crippen molar-refractivity contribution in [1.29, 1.82) is 0 Å². The largest absolute Gasteiger partial charge is 0.454 e. The molecular formula is C7H9F3O. The predicted octanol–water partition coefficient (Wildman–Crippen LogP) is 2.47. The molecule has 1 nitrogen and oxygen atoms in total. The molecule has 0 N–H and O–H groups in total. The van der Waals surface area contributed by atoms with Crippen LogP contribution in [0.15, 0.2) is 11.1 Å². The van der Waals surface area contributed by atoms with E-state index in [9.17, 15) is 18.0 Å². The molecule has 0 aromatic carbocycles. The van der Waals surface area contributed by atoms with Crippen LogP contribution in [0, 0.1) is 0 Å². The molecule has 11 heavy (non-hydrogen) atoms. The molecule has 0 saturated heterocycles. The van der Waals surface area contributed by atoms with Crippen molar-refractivity contribution >= 4 is 5.78 Å². The first-order chi connectivity index (χ1) is 4.76. The van der Waals surface area contributed by atoms with Gasteiger partial charge in [0, 0.05) is 5.57 Å². The number of Topliss-reactive ketones (excluding diaryl/α,β-unsaturated/α-hetero) is 1. The zero-order valence-electron chi connectivity index (χ0n) is 6.54. The van der Waals surface area contributed by atoms with Gasteiger partial charge in [0.2, 0.25) is 0 Å². The van der Waals surface area contributed by atoms with Gasteiger partial charge in [-0.2, -0.15) is 13.2 Å². The predicted molar refractivity (Wildman–Crippen MR) is 35.1 cm³/mol.